The van der Waals surface area contributed by atoms with Gasteiger partial charge in [0.25, 0.3) is 5.91 Å². The summed E-state index contributed by atoms with van der Waals surface area (Å²) in [4.78, 5) is 40.0. The first kappa shape index (κ1) is 32.5. The molecule has 1 aromatic rings. The van der Waals surface area contributed by atoms with Crippen molar-refractivity contribution >= 4 is 41.0 Å². The molecular weight excluding hydrogens is 577 g/mol. The molecule has 0 bridgehead atoms. The fourth-order valence-corrected chi connectivity index (χ4v) is 7.34. The number of nitrogens with one attached hydrogen (secondary N) is 2. The van der Waals surface area contributed by atoms with Crippen LogP contribution in [-0.4, -0.2) is 59.8 Å². The number of carboxylic acid groups (broad SMARTS) is 1. The van der Waals surface area contributed by atoms with Crippen molar-refractivity contribution in [1.29, 1.82) is 0 Å². The van der Waals surface area contributed by atoms with Gasteiger partial charge in [-0.05, 0) is 73.6 Å². The summed E-state index contributed by atoms with van der Waals surface area (Å²) in [6, 6.07) is 4.55. The molecule has 3 atom stereocenters. The number of hydrogen-bond donors (Lipinski definition) is 3. The maximum absolute atomic E-state index is 14.5. The van der Waals surface area contributed by atoms with Gasteiger partial charge < -0.3 is 20.1 Å². The predicted octanol–water partition coefficient (Wildman–Crippen LogP) is 5.90. The highest BCUT2D eigenvalue weighted by molar-refractivity contribution is 6.34. The third-order valence-corrected chi connectivity index (χ3v) is 9.51. The summed E-state index contributed by atoms with van der Waals surface area (Å²) in [5, 5.41) is 16.3. The molecule has 1 aromatic carbocycles. The molecule has 3 unspecified atom stereocenters. The number of amides is 2. The maximum Gasteiger partial charge on any atom is 0.305 e. The minimum absolute atomic E-state index is 0.00163. The molecule has 0 radical (unpaired) electrons. The second-order valence-electron chi connectivity index (χ2n) is 12.8. The molecule has 10 heteroatoms. The lowest BCUT2D eigenvalue weighted by Gasteiger charge is -2.50. The minimum atomic E-state index is -0.961. The van der Waals surface area contributed by atoms with Crippen LogP contribution in [0.1, 0.15) is 77.3 Å². The van der Waals surface area contributed by atoms with E-state index in [0.29, 0.717) is 41.0 Å². The van der Waals surface area contributed by atoms with Gasteiger partial charge in [0.1, 0.15) is 6.04 Å². The summed E-state index contributed by atoms with van der Waals surface area (Å²) < 4.78 is 5.52. The lowest BCUT2D eigenvalue weighted by molar-refractivity contribution is -0.139. The zero-order valence-corrected chi connectivity index (χ0v) is 26.4. The number of hydrogen-bond acceptors (Lipinski definition) is 5. The zero-order chi connectivity index (χ0) is 30.7. The third kappa shape index (κ3) is 7.39. The number of carbonyl (C=O) groups is 3. The van der Waals surface area contributed by atoms with Crippen molar-refractivity contribution in [2.75, 3.05) is 20.3 Å². The van der Waals surface area contributed by atoms with Crippen LogP contribution in [0, 0.1) is 17.3 Å². The van der Waals surface area contributed by atoms with Crippen LogP contribution >= 0.6 is 23.2 Å². The number of methoxy groups -OCH3 is 1. The zero-order valence-electron chi connectivity index (χ0n) is 24.9. The number of halogens is 2. The Hall–Kier alpha value is -2.39. The molecular formula is C32H43Cl2N3O5. The normalized spacial score (nSPS) is 26.8. The Morgan fingerprint density at radius 1 is 1.19 bits per heavy atom. The average molecular weight is 621 g/mol. The smallest absolute Gasteiger partial charge is 0.305 e. The Morgan fingerprint density at radius 3 is 2.40 bits per heavy atom. The van der Waals surface area contributed by atoms with Crippen molar-refractivity contribution < 1.29 is 24.2 Å². The standard InChI is InChI=1S/C32H43Cl2N3O5/c1-31(2,3)23-9-13-32(14-10-23)36-28(22-17-24(33)19-25(34)18-22)30(41)37(32)26(12-16-42-4)20-5-7-21(8-6-20)29(40)35-15-11-27(38)39/h5,7-8,17-20,23,26,28,36H,6,9-16H2,1-4H3,(H,35,40)(H,38,39). The van der Waals surface area contributed by atoms with E-state index in [1.807, 2.05) is 24.3 Å². The average Bonchev–Trinajstić information content (AvgIpc) is 3.19. The Kier molecular flexibility index (Phi) is 10.5. The summed E-state index contributed by atoms with van der Waals surface area (Å²) in [7, 11) is 1.67. The van der Waals surface area contributed by atoms with Crippen molar-refractivity contribution in [2.45, 2.75) is 83.5 Å². The van der Waals surface area contributed by atoms with Crippen LogP contribution < -0.4 is 10.6 Å². The van der Waals surface area contributed by atoms with Gasteiger partial charge >= 0.3 is 5.97 Å². The second kappa shape index (κ2) is 13.5. The van der Waals surface area contributed by atoms with Crippen LogP contribution in [-0.2, 0) is 19.1 Å². The van der Waals surface area contributed by atoms with Gasteiger partial charge in [0.05, 0.1) is 12.1 Å². The van der Waals surface area contributed by atoms with Crippen LogP contribution in [0.25, 0.3) is 0 Å². The maximum atomic E-state index is 14.5. The van der Waals surface area contributed by atoms with E-state index in [4.69, 9.17) is 33.0 Å². The van der Waals surface area contributed by atoms with Gasteiger partial charge in [0.15, 0.2) is 0 Å². The van der Waals surface area contributed by atoms with Crippen LogP contribution in [0.15, 0.2) is 42.0 Å². The van der Waals surface area contributed by atoms with Gasteiger partial charge in [-0.3, -0.25) is 19.7 Å². The van der Waals surface area contributed by atoms with E-state index in [2.05, 4.69) is 36.3 Å². The van der Waals surface area contributed by atoms with E-state index in [0.717, 1.165) is 31.2 Å². The molecule has 1 aliphatic heterocycles. The monoisotopic (exact) mass is 619 g/mol. The number of nitrogens with zero attached hydrogens (tertiary/aromatic N) is 1. The Balaban J connectivity index is 1.63. The molecule has 42 heavy (non-hydrogen) atoms. The lowest BCUT2D eigenvalue weighted by atomic mass is 9.69. The fraction of sp³-hybridized carbons (Fsp3) is 0.594. The van der Waals surface area contributed by atoms with Gasteiger partial charge in [0.2, 0.25) is 5.91 Å². The highest BCUT2D eigenvalue weighted by Gasteiger charge is 2.55. The molecule has 3 N–H and O–H groups in total. The SMILES string of the molecule is COCCC(C1C=CC(C(=O)NCCC(=O)O)=CC1)N1C(=O)C(c2cc(Cl)cc(Cl)c2)NC12CCC(C(C)(C)C)CC2. The van der Waals surface area contributed by atoms with Crippen LogP contribution in [0.5, 0.6) is 0 Å². The summed E-state index contributed by atoms with van der Waals surface area (Å²) in [5.74, 6) is -0.734. The van der Waals surface area contributed by atoms with Crippen molar-refractivity contribution in [3.8, 4) is 0 Å². The topological polar surface area (TPSA) is 108 Å². The van der Waals surface area contributed by atoms with Crippen LogP contribution in [0.2, 0.25) is 10.0 Å². The van der Waals surface area contributed by atoms with E-state index >= 15 is 0 Å². The van der Waals surface area contributed by atoms with Gasteiger partial charge in [-0.25, -0.2) is 0 Å². The number of aliphatic carboxylic acids is 1. The summed E-state index contributed by atoms with van der Waals surface area (Å²) in [6.07, 6.45) is 10.4. The molecule has 2 aliphatic carbocycles. The number of carboxylic acids is 1. The number of allylic oxidation sites excluding steroid dienone is 1. The highest BCUT2D eigenvalue weighted by Crippen LogP contribution is 2.49. The summed E-state index contributed by atoms with van der Waals surface area (Å²) >= 11 is 12.7. The Labute approximate surface area is 258 Å². The third-order valence-electron chi connectivity index (χ3n) is 9.08. The number of benzene rings is 1. The second-order valence-corrected chi connectivity index (χ2v) is 13.7. The first-order valence-corrected chi connectivity index (χ1v) is 15.5. The van der Waals surface area contributed by atoms with E-state index in [9.17, 15) is 14.4 Å². The molecule has 1 heterocycles. The number of ether oxygens (including phenoxy) is 1. The van der Waals surface area contributed by atoms with E-state index in [-0.39, 0.29) is 42.2 Å². The van der Waals surface area contributed by atoms with Crippen molar-refractivity contribution in [1.82, 2.24) is 15.5 Å². The Morgan fingerprint density at radius 2 is 1.86 bits per heavy atom. The summed E-state index contributed by atoms with van der Waals surface area (Å²) in [6.45, 7) is 7.41. The van der Waals surface area contributed by atoms with E-state index < -0.39 is 17.7 Å². The van der Waals surface area contributed by atoms with Crippen LogP contribution in [0.3, 0.4) is 0 Å². The Bertz CT molecular complexity index is 1210. The van der Waals surface area contributed by atoms with E-state index in [1.165, 1.54) is 0 Å². The minimum Gasteiger partial charge on any atom is -0.481 e. The molecule has 1 saturated carbocycles. The van der Waals surface area contributed by atoms with Gasteiger partial charge in [-0.1, -0.05) is 62.2 Å². The largest absolute Gasteiger partial charge is 0.481 e. The number of rotatable bonds is 10. The molecule has 2 amide bonds. The molecule has 1 spiro atoms. The molecule has 4 rings (SSSR count). The van der Waals surface area contributed by atoms with Crippen LogP contribution in [0.4, 0.5) is 0 Å². The molecule has 0 aromatic heterocycles. The quantitative estimate of drug-likeness (QED) is 0.301. The van der Waals surface area contributed by atoms with Crippen molar-refractivity contribution in [3.05, 3.63) is 57.6 Å². The van der Waals surface area contributed by atoms with Gasteiger partial charge in [0, 0.05) is 47.8 Å². The molecule has 1 saturated heterocycles. The first-order valence-electron chi connectivity index (χ1n) is 14.8. The predicted molar refractivity (Wildman–Crippen MR) is 164 cm³/mol. The first-order chi connectivity index (χ1) is 19.8. The summed E-state index contributed by atoms with van der Waals surface area (Å²) in [5.41, 5.74) is 0.910. The van der Waals surface area contributed by atoms with Crippen molar-refractivity contribution in [3.63, 3.8) is 0 Å². The molecule has 8 nitrogen and oxygen atoms in total. The van der Waals surface area contributed by atoms with Gasteiger partial charge in [-0.15, -0.1) is 0 Å². The fourth-order valence-electron chi connectivity index (χ4n) is 6.79. The highest BCUT2D eigenvalue weighted by atomic mass is 35.5. The number of carbonyl (C=O) groups excluding carboxylic acids is 2. The molecule has 3 aliphatic rings. The molecule has 2 fully saturated rings. The van der Waals surface area contributed by atoms with E-state index in [1.54, 1.807) is 19.3 Å². The molecule has 230 valence electrons. The lowest BCUT2D eigenvalue weighted by Crippen LogP contribution is -2.60. The van der Waals surface area contributed by atoms with Crippen molar-refractivity contribution in [2.24, 2.45) is 17.3 Å². The van der Waals surface area contributed by atoms with Gasteiger partial charge in [-0.2, -0.15) is 0 Å².